The zero-order valence-corrected chi connectivity index (χ0v) is 18.2. The minimum Gasteiger partial charge on any atom is -0.338 e. The second-order valence-electron chi connectivity index (χ2n) is 7.84. The zero-order chi connectivity index (χ0) is 20.1. The van der Waals surface area contributed by atoms with Gasteiger partial charge in [0.15, 0.2) is 0 Å². The molecule has 4 aromatic rings. The minimum absolute atomic E-state index is 0.415. The van der Waals surface area contributed by atoms with Gasteiger partial charge in [-0.1, -0.05) is 97.9 Å². The van der Waals surface area contributed by atoms with Crippen molar-refractivity contribution >= 4 is 23.6 Å². The second-order valence-corrected chi connectivity index (χ2v) is 11.9. The van der Waals surface area contributed by atoms with Crippen LogP contribution in [-0.4, -0.2) is 17.6 Å². The standard InChI is InChI=1S/C26H28N2Si/c1-22(26-27-19-20-28(26)2)18-21-29(23-12-6-3-7-13-23,24-14-8-4-9-15-24)25-16-10-5-11-17-25/h3-17,19-20,22H,18,21H2,1-2H3. The number of aromatic nitrogens is 2. The molecule has 0 aliphatic carbocycles. The van der Waals surface area contributed by atoms with Gasteiger partial charge in [-0.2, -0.15) is 0 Å². The summed E-state index contributed by atoms with van der Waals surface area (Å²) in [5.41, 5.74) is 0. The van der Waals surface area contributed by atoms with Crippen molar-refractivity contribution in [1.29, 1.82) is 0 Å². The van der Waals surface area contributed by atoms with Crippen molar-refractivity contribution < 1.29 is 0 Å². The quantitative estimate of drug-likeness (QED) is 0.340. The molecule has 0 saturated carbocycles. The Balaban J connectivity index is 1.83. The lowest BCUT2D eigenvalue weighted by atomic mass is 10.1. The Morgan fingerprint density at radius 3 is 1.59 bits per heavy atom. The molecule has 0 radical (unpaired) electrons. The van der Waals surface area contributed by atoms with Crippen molar-refractivity contribution in [3.05, 3.63) is 109 Å². The fraction of sp³-hybridized carbons (Fsp3) is 0.192. The summed E-state index contributed by atoms with van der Waals surface area (Å²) in [4.78, 5) is 4.61. The summed E-state index contributed by atoms with van der Waals surface area (Å²) in [6, 6.07) is 34.6. The molecule has 3 aromatic carbocycles. The largest absolute Gasteiger partial charge is 0.338 e. The van der Waals surface area contributed by atoms with Crippen molar-refractivity contribution in [3.63, 3.8) is 0 Å². The van der Waals surface area contributed by atoms with Crippen molar-refractivity contribution in [1.82, 2.24) is 9.55 Å². The highest BCUT2D eigenvalue weighted by Gasteiger charge is 2.39. The van der Waals surface area contributed by atoms with Crippen molar-refractivity contribution in [2.75, 3.05) is 0 Å². The van der Waals surface area contributed by atoms with E-state index in [-0.39, 0.29) is 0 Å². The Kier molecular flexibility index (Phi) is 5.77. The van der Waals surface area contributed by atoms with Crippen molar-refractivity contribution in [2.24, 2.45) is 7.05 Å². The number of benzene rings is 3. The van der Waals surface area contributed by atoms with Crippen LogP contribution in [0.4, 0.5) is 0 Å². The van der Waals surface area contributed by atoms with E-state index in [1.807, 2.05) is 12.4 Å². The molecule has 0 spiro atoms. The average molecular weight is 397 g/mol. The number of hydrogen-bond donors (Lipinski definition) is 0. The maximum atomic E-state index is 4.61. The number of rotatable bonds is 7. The van der Waals surface area contributed by atoms with Crippen LogP contribution >= 0.6 is 0 Å². The molecule has 4 rings (SSSR count). The Hall–Kier alpha value is -2.91. The van der Waals surface area contributed by atoms with Crippen LogP contribution in [0.25, 0.3) is 0 Å². The van der Waals surface area contributed by atoms with Crippen molar-refractivity contribution in [2.45, 2.75) is 25.3 Å². The van der Waals surface area contributed by atoms with Gasteiger partial charge in [-0.25, -0.2) is 4.98 Å². The normalized spacial score (nSPS) is 12.6. The van der Waals surface area contributed by atoms with Gasteiger partial charge in [0.25, 0.3) is 0 Å². The smallest absolute Gasteiger partial charge is 0.148 e. The van der Waals surface area contributed by atoms with Crippen LogP contribution in [0.1, 0.15) is 25.1 Å². The first-order chi connectivity index (χ1) is 14.2. The van der Waals surface area contributed by atoms with Gasteiger partial charge < -0.3 is 4.57 Å². The molecule has 0 amide bonds. The summed E-state index contributed by atoms with van der Waals surface area (Å²) in [5.74, 6) is 1.58. The van der Waals surface area contributed by atoms with Gasteiger partial charge in [0, 0.05) is 25.4 Å². The van der Waals surface area contributed by atoms with Gasteiger partial charge in [-0.15, -0.1) is 0 Å². The highest BCUT2D eigenvalue weighted by atomic mass is 28.3. The Morgan fingerprint density at radius 2 is 1.21 bits per heavy atom. The summed E-state index contributed by atoms with van der Waals surface area (Å²) in [6.45, 7) is 2.31. The van der Waals surface area contributed by atoms with E-state index in [4.69, 9.17) is 0 Å². The maximum absolute atomic E-state index is 4.61. The number of imidazole rings is 1. The van der Waals surface area contributed by atoms with E-state index in [0.717, 1.165) is 12.5 Å². The monoisotopic (exact) mass is 396 g/mol. The summed E-state index contributed by atoms with van der Waals surface area (Å²) in [6.07, 6.45) is 5.06. The van der Waals surface area contributed by atoms with Gasteiger partial charge >= 0.3 is 0 Å². The number of hydrogen-bond acceptors (Lipinski definition) is 1. The molecule has 2 nitrogen and oxygen atoms in total. The third-order valence-electron chi connectivity index (χ3n) is 6.05. The molecule has 0 N–H and O–H groups in total. The molecule has 146 valence electrons. The molecule has 1 unspecified atom stereocenters. The van der Waals surface area contributed by atoms with E-state index in [9.17, 15) is 0 Å². The minimum atomic E-state index is -2.15. The lowest BCUT2D eigenvalue weighted by Crippen LogP contribution is -2.67. The number of nitrogens with zero attached hydrogens (tertiary/aromatic N) is 2. The first-order valence-electron chi connectivity index (χ1n) is 10.4. The van der Waals surface area contributed by atoms with Crippen LogP contribution in [-0.2, 0) is 7.05 Å². The molecule has 1 heterocycles. The molecule has 1 atom stereocenters. The summed E-state index contributed by atoms with van der Waals surface area (Å²) in [5, 5.41) is 4.43. The molecule has 1 aromatic heterocycles. The van der Waals surface area contributed by atoms with Crippen LogP contribution in [0.2, 0.25) is 6.04 Å². The highest BCUT2D eigenvalue weighted by Crippen LogP contribution is 2.24. The van der Waals surface area contributed by atoms with E-state index < -0.39 is 8.07 Å². The lowest BCUT2D eigenvalue weighted by Gasteiger charge is -2.34. The van der Waals surface area contributed by atoms with E-state index >= 15 is 0 Å². The first kappa shape index (κ1) is 19.4. The lowest BCUT2D eigenvalue weighted by molar-refractivity contribution is 0.639. The van der Waals surface area contributed by atoms with Gasteiger partial charge in [0.1, 0.15) is 13.9 Å². The molecule has 3 heteroatoms. The number of aryl methyl sites for hydroxylation is 1. The fourth-order valence-electron chi connectivity index (χ4n) is 4.52. The molecular formula is C26H28N2Si. The average Bonchev–Trinajstić information content (AvgIpc) is 3.22. The Morgan fingerprint density at radius 1 is 0.759 bits per heavy atom. The SMILES string of the molecule is CC(CC[Si](c1ccccc1)(c1ccccc1)c1ccccc1)c1nccn1C. The van der Waals surface area contributed by atoms with E-state index in [0.29, 0.717) is 5.92 Å². The van der Waals surface area contributed by atoms with Crippen LogP contribution in [0, 0.1) is 0 Å². The summed E-state index contributed by atoms with van der Waals surface area (Å²) in [7, 11) is -0.0612. The predicted octanol–water partition coefficient (Wildman–Crippen LogP) is 4.08. The summed E-state index contributed by atoms with van der Waals surface area (Å²) < 4.78 is 2.15. The second kappa shape index (κ2) is 8.62. The third-order valence-corrected chi connectivity index (χ3v) is 11.0. The molecule has 0 bridgehead atoms. The van der Waals surface area contributed by atoms with Crippen LogP contribution in [0.5, 0.6) is 0 Å². The highest BCUT2D eigenvalue weighted by molar-refractivity contribution is 7.11. The van der Waals surface area contributed by atoms with Crippen LogP contribution in [0.3, 0.4) is 0 Å². The van der Waals surface area contributed by atoms with Gasteiger partial charge in [-0.05, 0) is 28.0 Å². The van der Waals surface area contributed by atoms with E-state index in [2.05, 4.69) is 115 Å². The predicted molar refractivity (Wildman–Crippen MR) is 125 cm³/mol. The molecular weight excluding hydrogens is 368 g/mol. The summed E-state index contributed by atoms with van der Waals surface area (Å²) >= 11 is 0. The first-order valence-corrected chi connectivity index (χ1v) is 12.6. The maximum Gasteiger partial charge on any atom is 0.148 e. The van der Waals surface area contributed by atoms with E-state index in [1.54, 1.807) is 0 Å². The van der Waals surface area contributed by atoms with Crippen molar-refractivity contribution in [3.8, 4) is 0 Å². The Labute approximate surface area is 174 Å². The topological polar surface area (TPSA) is 17.8 Å². The molecule has 0 saturated heterocycles. The van der Waals surface area contributed by atoms with Crippen LogP contribution < -0.4 is 15.6 Å². The van der Waals surface area contributed by atoms with Gasteiger partial charge in [-0.3, -0.25) is 0 Å². The molecule has 0 aliphatic heterocycles. The van der Waals surface area contributed by atoms with Gasteiger partial charge in [0.05, 0.1) is 0 Å². The Bertz CT molecular complexity index is 929. The third kappa shape index (κ3) is 3.83. The van der Waals surface area contributed by atoms with E-state index in [1.165, 1.54) is 21.4 Å². The molecule has 29 heavy (non-hydrogen) atoms. The van der Waals surface area contributed by atoms with Gasteiger partial charge in [0.2, 0.25) is 0 Å². The fourth-order valence-corrected chi connectivity index (χ4v) is 9.53. The van der Waals surface area contributed by atoms with Crippen LogP contribution in [0.15, 0.2) is 103 Å². The zero-order valence-electron chi connectivity index (χ0n) is 17.2. The molecule has 0 fully saturated rings. The molecule has 0 aliphatic rings.